The monoisotopic (exact) mass is 340 g/mol. The predicted molar refractivity (Wildman–Crippen MR) is 83.2 cm³/mol. The minimum atomic E-state index is 0.711. The molecule has 2 rings (SSSR count). The Morgan fingerprint density at radius 2 is 1.26 bits per heavy atom. The summed E-state index contributed by atoms with van der Waals surface area (Å²) in [5.74, 6) is 0. The number of rotatable bonds is 0. The van der Waals surface area contributed by atoms with Gasteiger partial charge < -0.3 is 16.0 Å². The zero-order valence-electron chi connectivity index (χ0n) is 13.0. The zero-order valence-corrected chi connectivity index (χ0v) is 15.5. The summed E-state index contributed by atoms with van der Waals surface area (Å²) in [4.78, 5) is 0. The number of hydrogen-bond acceptors (Lipinski definition) is 3. The molecule has 0 spiro atoms. The van der Waals surface area contributed by atoms with Gasteiger partial charge in [0.2, 0.25) is 0 Å². The maximum absolute atomic E-state index is 2.75. The second-order valence-electron chi connectivity index (χ2n) is 3.97. The molecule has 4 heteroatoms. The molecule has 1 aromatic carbocycles. The van der Waals surface area contributed by atoms with Crippen molar-refractivity contribution in [2.24, 2.45) is 0 Å². The Labute approximate surface area is 134 Å². The molecule has 0 saturated carbocycles. The van der Waals surface area contributed by atoms with E-state index in [1.807, 2.05) is 42.3 Å². The second-order valence-corrected chi connectivity index (χ2v) is 5.49. The third-order valence-corrected chi connectivity index (χ3v) is 3.04. The van der Waals surface area contributed by atoms with Gasteiger partial charge in [-0.1, -0.05) is 0 Å². The Bertz CT molecular complexity index is 322. The third-order valence-electron chi connectivity index (χ3n) is 1.80. The molecule has 1 unspecified atom stereocenters. The van der Waals surface area contributed by atoms with E-state index in [0.29, 0.717) is 3.63 Å². The van der Waals surface area contributed by atoms with Crippen molar-refractivity contribution in [1.82, 2.24) is 16.0 Å². The minimum absolute atomic E-state index is 0.711. The molecule has 1 atom stereocenters. The van der Waals surface area contributed by atoms with Gasteiger partial charge in [-0.2, -0.15) is 0 Å². The van der Waals surface area contributed by atoms with E-state index in [2.05, 4.69) is 52.4 Å². The van der Waals surface area contributed by atoms with E-state index in [1.54, 1.807) is 24.7 Å². The van der Waals surface area contributed by atoms with Gasteiger partial charge in [0, 0.05) is 0 Å². The first kappa shape index (κ1) is 21.0. The van der Waals surface area contributed by atoms with Crippen molar-refractivity contribution < 1.29 is 24.7 Å². The molecule has 1 aromatic rings. The molecule has 107 valence electrons. The van der Waals surface area contributed by atoms with Crippen LogP contribution in [0.15, 0.2) is 30.3 Å². The van der Waals surface area contributed by atoms with Crippen LogP contribution < -0.4 is 16.0 Å². The van der Waals surface area contributed by atoms with Gasteiger partial charge in [0.05, 0.1) is 0 Å². The van der Waals surface area contributed by atoms with Gasteiger partial charge in [-0.3, -0.25) is 0 Å². The predicted octanol–water partition coefficient (Wildman–Crippen LogP) is 1.81. The van der Waals surface area contributed by atoms with Gasteiger partial charge in [-0.05, 0) is 42.3 Å². The van der Waals surface area contributed by atoms with Gasteiger partial charge in [0.25, 0.3) is 0 Å². The topological polar surface area (TPSA) is 36.1 Å². The van der Waals surface area contributed by atoms with Gasteiger partial charge in [0.1, 0.15) is 0 Å². The number of hydrogen-bond donors (Lipinski definition) is 3. The van der Waals surface area contributed by atoms with Crippen LogP contribution in [0.3, 0.4) is 0 Å². The van der Waals surface area contributed by atoms with Crippen molar-refractivity contribution in [2.45, 2.75) is 3.63 Å². The number of nitrogens with one attached hydrogen (secondary N) is 3. The summed E-state index contributed by atoms with van der Waals surface area (Å²) in [6.07, 6.45) is 4.50. The molecule has 0 fully saturated rings. The summed E-state index contributed by atoms with van der Waals surface area (Å²) in [5.41, 5.74) is 2.91. The quantitative estimate of drug-likeness (QED) is 0.673. The van der Waals surface area contributed by atoms with Crippen LogP contribution in [0.4, 0.5) is 0 Å². The van der Waals surface area contributed by atoms with Crippen LogP contribution in [0.1, 0.15) is 14.8 Å². The van der Waals surface area contributed by atoms with Crippen molar-refractivity contribution >= 4 is 6.08 Å². The number of allylic oxidation sites excluding steroid dienone is 1. The Morgan fingerprint density at radius 1 is 0.842 bits per heavy atom. The first-order valence-electron chi connectivity index (χ1n) is 6.36. The molecule has 0 aromatic heterocycles. The summed E-state index contributed by atoms with van der Waals surface area (Å²) < 4.78 is 0.711. The van der Waals surface area contributed by atoms with Crippen LogP contribution in [0.2, 0.25) is 0 Å². The molecule has 19 heavy (non-hydrogen) atoms. The molecule has 1 aliphatic carbocycles. The fourth-order valence-electron chi connectivity index (χ4n) is 1.25. The van der Waals surface area contributed by atoms with Gasteiger partial charge in [-0.25, -0.2) is 0 Å². The van der Waals surface area contributed by atoms with Crippen LogP contribution in [-0.2, 0) is 24.7 Å². The molecular weight excluding hydrogens is 313 g/mol. The van der Waals surface area contributed by atoms with E-state index >= 15 is 0 Å². The van der Waals surface area contributed by atoms with E-state index < -0.39 is 0 Å². The van der Waals surface area contributed by atoms with Gasteiger partial charge in [-0.15, -0.1) is 0 Å². The van der Waals surface area contributed by atoms with Crippen LogP contribution >= 0.6 is 0 Å². The van der Waals surface area contributed by atoms with Gasteiger partial charge in [0.15, 0.2) is 0 Å². The molecule has 0 radical (unpaired) electrons. The van der Waals surface area contributed by atoms with Crippen LogP contribution in [0.25, 0.3) is 6.08 Å². The summed E-state index contributed by atoms with van der Waals surface area (Å²) in [5, 5.41) is 8.25. The Hall–Kier alpha value is -0.277. The van der Waals surface area contributed by atoms with Crippen molar-refractivity contribution in [3.05, 3.63) is 41.5 Å². The fraction of sp³-hybridized carbons (Fsp3) is 0.467. The SMILES string of the molecule is CNC.CNC.CNC.[Zr][CH]1C=Cc2ccccc21. The molecule has 0 amide bonds. The molecule has 0 bridgehead atoms. The molecule has 0 saturated heterocycles. The van der Waals surface area contributed by atoms with Crippen LogP contribution in [-0.4, -0.2) is 42.3 Å². The Kier molecular flexibility index (Phi) is 17.5. The summed E-state index contributed by atoms with van der Waals surface area (Å²) >= 11 is 1.59. The van der Waals surface area contributed by atoms with Crippen molar-refractivity contribution in [1.29, 1.82) is 0 Å². The molecule has 3 nitrogen and oxygen atoms in total. The second kappa shape index (κ2) is 15.8. The van der Waals surface area contributed by atoms with E-state index in [9.17, 15) is 0 Å². The van der Waals surface area contributed by atoms with Gasteiger partial charge >= 0.3 is 75.9 Å². The summed E-state index contributed by atoms with van der Waals surface area (Å²) in [7, 11) is 11.2. The normalized spacial score (nSPS) is 13.8. The van der Waals surface area contributed by atoms with Crippen molar-refractivity contribution in [2.75, 3.05) is 42.3 Å². The first-order valence-corrected chi connectivity index (χ1v) is 7.78. The van der Waals surface area contributed by atoms with E-state index in [-0.39, 0.29) is 0 Å². The summed E-state index contributed by atoms with van der Waals surface area (Å²) in [6.45, 7) is 0. The molecule has 0 heterocycles. The third kappa shape index (κ3) is 11.3. The Balaban J connectivity index is 0. The average molecular weight is 342 g/mol. The molecule has 1 aliphatic rings. The molecule has 0 aliphatic heterocycles. The average Bonchev–Trinajstić information content (AvgIpc) is 2.75. The zero-order chi connectivity index (χ0) is 15.1. The number of benzene rings is 1. The van der Waals surface area contributed by atoms with E-state index in [1.165, 1.54) is 11.1 Å². The first-order chi connectivity index (χ1) is 9.12. The number of fused-ring (bicyclic) bond motifs is 1. The van der Waals surface area contributed by atoms with E-state index in [4.69, 9.17) is 0 Å². The van der Waals surface area contributed by atoms with Crippen LogP contribution in [0, 0.1) is 0 Å². The summed E-state index contributed by atoms with van der Waals surface area (Å²) in [6, 6.07) is 8.60. The molecule has 3 N–H and O–H groups in total. The maximum atomic E-state index is 2.75. The van der Waals surface area contributed by atoms with Crippen molar-refractivity contribution in [3.63, 3.8) is 0 Å². The Morgan fingerprint density at radius 3 is 1.68 bits per heavy atom. The van der Waals surface area contributed by atoms with Crippen molar-refractivity contribution in [3.8, 4) is 0 Å². The van der Waals surface area contributed by atoms with Crippen LogP contribution in [0.5, 0.6) is 0 Å². The molecular formula is C15H28N3Zr. The standard InChI is InChI=1S/C9H7.3C2H7N.Zr/c1-2-5-9-7-3-6-8(9)4-1;3*1-3-2;/h1-7H;3*3H,1-2H3;. The van der Waals surface area contributed by atoms with E-state index in [0.717, 1.165) is 0 Å². The fourth-order valence-corrected chi connectivity index (χ4v) is 2.13.